The Bertz CT molecular complexity index is 427. The minimum atomic E-state index is -1.07. The van der Waals surface area contributed by atoms with E-state index >= 15 is 0 Å². The Balaban J connectivity index is 1.97. The van der Waals surface area contributed by atoms with E-state index in [0.29, 0.717) is 0 Å². The molecule has 0 radical (unpaired) electrons. The number of nitrogens with zero attached hydrogens (tertiary/aromatic N) is 2. The highest BCUT2D eigenvalue weighted by Gasteiger charge is 2.29. The van der Waals surface area contributed by atoms with Gasteiger partial charge in [0.05, 0.1) is 19.3 Å². The van der Waals surface area contributed by atoms with Gasteiger partial charge in [-0.15, -0.1) is 16.1 Å². The number of nitrogens with one attached hydrogen (secondary N) is 1. The van der Waals surface area contributed by atoms with Crippen LogP contribution in [0.25, 0.3) is 0 Å². The number of rotatable bonds is 4. The lowest BCUT2D eigenvalue weighted by Crippen LogP contribution is -2.40. The van der Waals surface area contributed by atoms with Crippen molar-refractivity contribution in [3.63, 3.8) is 0 Å². The molecule has 0 aliphatic carbocycles. The van der Waals surface area contributed by atoms with E-state index in [9.17, 15) is 4.55 Å². The van der Waals surface area contributed by atoms with E-state index in [1.165, 1.54) is 0 Å². The molecule has 0 aromatic carbocycles. The molecule has 114 valence electrons. The maximum absolute atomic E-state index is 12.1. The zero-order chi connectivity index (χ0) is 14.8. The van der Waals surface area contributed by atoms with Crippen LogP contribution in [0, 0.1) is 0 Å². The first kappa shape index (κ1) is 16.0. The predicted octanol–water partition coefficient (Wildman–Crippen LogP) is 2.09. The van der Waals surface area contributed by atoms with Gasteiger partial charge in [-0.05, 0) is 27.7 Å². The minimum absolute atomic E-state index is 0.0438. The van der Waals surface area contributed by atoms with Crippen LogP contribution in [-0.2, 0) is 16.1 Å². The summed E-state index contributed by atoms with van der Waals surface area (Å²) in [6.45, 7) is 11.2. The van der Waals surface area contributed by atoms with Gasteiger partial charge in [0.1, 0.15) is 4.75 Å². The molecule has 20 heavy (non-hydrogen) atoms. The van der Waals surface area contributed by atoms with E-state index in [1.54, 1.807) is 11.3 Å². The summed E-state index contributed by atoms with van der Waals surface area (Å²) in [7, 11) is 0. The molecule has 1 saturated heterocycles. The number of anilines is 1. The van der Waals surface area contributed by atoms with Crippen molar-refractivity contribution in [3.05, 3.63) is 11.1 Å². The topological polar surface area (TPSA) is 60.5 Å². The quantitative estimate of drug-likeness (QED) is 0.862. The lowest BCUT2D eigenvalue weighted by Gasteiger charge is -2.26. The molecule has 1 aliphatic heterocycles. The van der Waals surface area contributed by atoms with Crippen LogP contribution in [0.3, 0.4) is 0 Å². The number of morpholine rings is 1. The van der Waals surface area contributed by atoms with Crippen molar-refractivity contribution in [2.24, 2.45) is 0 Å². The lowest BCUT2D eigenvalue weighted by molar-refractivity contribution is 0.122. The molecule has 0 saturated carbocycles. The van der Waals surface area contributed by atoms with Crippen molar-refractivity contribution in [1.29, 1.82) is 0 Å². The number of thiazole rings is 1. The first-order valence-electron chi connectivity index (χ1n) is 6.84. The molecule has 2 heterocycles. The van der Waals surface area contributed by atoms with Crippen LogP contribution in [0.4, 0.5) is 5.13 Å². The molecular weight excluding hydrogens is 294 g/mol. The van der Waals surface area contributed by atoms with Gasteiger partial charge in [-0.1, -0.05) is 0 Å². The maximum Gasteiger partial charge on any atom is 0.185 e. The third-order valence-corrected chi connectivity index (χ3v) is 5.98. The smallest absolute Gasteiger partial charge is 0.185 e. The molecule has 0 unspecified atom stereocenters. The van der Waals surface area contributed by atoms with Gasteiger partial charge >= 0.3 is 0 Å². The summed E-state index contributed by atoms with van der Waals surface area (Å²) in [4.78, 5) is 7.84. The molecule has 1 aromatic heterocycles. The second-order valence-electron chi connectivity index (χ2n) is 5.87. The normalized spacial score (nSPS) is 19.9. The van der Waals surface area contributed by atoms with E-state index in [1.807, 2.05) is 33.9 Å². The van der Waals surface area contributed by atoms with E-state index in [2.05, 4.69) is 14.6 Å². The van der Waals surface area contributed by atoms with Crippen LogP contribution in [0.1, 0.15) is 38.6 Å². The highest BCUT2D eigenvalue weighted by Crippen LogP contribution is 2.29. The molecule has 1 aromatic rings. The average Bonchev–Trinajstić information content (AvgIpc) is 2.88. The van der Waals surface area contributed by atoms with E-state index < -0.39 is 11.4 Å². The Kier molecular flexibility index (Phi) is 5.30. The number of hydrogen-bond donors (Lipinski definition) is 1. The van der Waals surface area contributed by atoms with Gasteiger partial charge in [-0.2, -0.15) is 0 Å². The summed E-state index contributed by atoms with van der Waals surface area (Å²) in [5, 5.41) is 1.03. The van der Waals surface area contributed by atoms with Crippen molar-refractivity contribution in [3.8, 4) is 0 Å². The SMILES string of the molecule is C[C@H](N[S@+]([O-])C(C)(C)C)c1cnc(N2CCOCC2)s1. The third-order valence-electron chi connectivity index (χ3n) is 3.06. The second-order valence-corrected chi connectivity index (χ2v) is 8.90. The Morgan fingerprint density at radius 1 is 1.45 bits per heavy atom. The third kappa shape index (κ3) is 4.08. The standard InChI is InChI=1S/C13H23N3O2S2/c1-10(15-20(17)13(2,3)4)11-9-14-12(19-11)16-5-7-18-8-6-16/h9-10,15H,5-8H2,1-4H3/t10-,20+/m0/s1. The molecule has 2 atom stereocenters. The Hall–Kier alpha value is -0.340. The summed E-state index contributed by atoms with van der Waals surface area (Å²) >= 11 is 0.594. The molecule has 5 nitrogen and oxygen atoms in total. The summed E-state index contributed by atoms with van der Waals surface area (Å²) in [5.74, 6) is 0. The highest BCUT2D eigenvalue weighted by molar-refractivity contribution is 7.90. The molecule has 0 amide bonds. The van der Waals surface area contributed by atoms with Gasteiger partial charge in [0.25, 0.3) is 0 Å². The van der Waals surface area contributed by atoms with Gasteiger partial charge in [-0.3, -0.25) is 0 Å². The molecular formula is C13H23N3O2S2. The first-order valence-corrected chi connectivity index (χ1v) is 8.81. The fourth-order valence-electron chi connectivity index (χ4n) is 1.77. The molecule has 7 heteroatoms. The highest BCUT2D eigenvalue weighted by atomic mass is 32.2. The van der Waals surface area contributed by atoms with Gasteiger partial charge in [0, 0.05) is 35.5 Å². The summed E-state index contributed by atoms with van der Waals surface area (Å²) < 4.78 is 20.4. The van der Waals surface area contributed by atoms with Gasteiger partial charge < -0.3 is 14.2 Å². The Labute approximate surface area is 128 Å². The lowest BCUT2D eigenvalue weighted by atomic mass is 10.3. The molecule has 1 N–H and O–H groups in total. The zero-order valence-corrected chi connectivity index (χ0v) is 14.1. The van der Waals surface area contributed by atoms with Crippen LogP contribution in [0.15, 0.2) is 6.20 Å². The van der Waals surface area contributed by atoms with Crippen LogP contribution >= 0.6 is 11.3 Å². The van der Waals surface area contributed by atoms with E-state index in [0.717, 1.165) is 36.3 Å². The average molecular weight is 317 g/mol. The van der Waals surface area contributed by atoms with E-state index in [4.69, 9.17) is 4.74 Å². The first-order chi connectivity index (χ1) is 9.38. The molecule has 0 bridgehead atoms. The predicted molar refractivity (Wildman–Crippen MR) is 84.6 cm³/mol. The Morgan fingerprint density at radius 3 is 2.70 bits per heavy atom. The van der Waals surface area contributed by atoms with Crippen LogP contribution in [-0.4, -0.2) is 40.6 Å². The fourth-order valence-corrected chi connectivity index (χ4v) is 3.62. The van der Waals surface area contributed by atoms with Gasteiger partial charge in [0.15, 0.2) is 5.13 Å². The van der Waals surface area contributed by atoms with Crippen LogP contribution in [0.2, 0.25) is 0 Å². The van der Waals surface area contributed by atoms with Gasteiger partial charge in [-0.25, -0.2) is 4.98 Å². The van der Waals surface area contributed by atoms with Crippen molar-refractivity contribution in [1.82, 2.24) is 9.71 Å². The van der Waals surface area contributed by atoms with Crippen molar-refractivity contribution >= 4 is 27.8 Å². The van der Waals surface area contributed by atoms with Crippen molar-refractivity contribution in [2.45, 2.75) is 38.5 Å². The molecule has 1 aliphatic rings. The van der Waals surface area contributed by atoms with Crippen LogP contribution < -0.4 is 9.62 Å². The van der Waals surface area contributed by atoms with E-state index in [-0.39, 0.29) is 10.8 Å². The zero-order valence-electron chi connectivity index (χ0n) is 12.5. The summed E-state index contributed by atoms with van der Waals surface area (Å²) in [6.07, 6.45) is 1.88. The number of ether oxygens (including phenoxy) is 1. The van der Waals surface area contributed by atoms with Crippen molar-refractivity contribution in [2.75, 3.05) is 31.2 Å². The fraction of sp³-hybridized carbons (Fsp3) is 0.769. The van der Waals surface area contributed by atoms with Crippen molar-refractivity contribution < 1.29 is 9.29 Å². The Morgan fingerprint density at radius 2 is 2.10 bits per heavy atom. The number of hydrogen-bond acceptors (Lipinski definition) is 6. The monoisotopic (exact) mass is 317 g/mol. The molecule has 1 fully saturated rings. The van der Waals surface area contributed by atoms with Gasteiger partial charge in [0.2, 0.25) is 0 Å². The number of aromatic nitrogens is 1. The summed E-state index contributed by atoms with van der Waals surface area (Å²) in [6, 6.07) is 0.0438. The molecule has 2 rings (SSSR count). The summed E-state index contributed by atoms with van der Waals surface area (Å²) in [5.41, 5.74) is 0. The second kappa shape index (κ2) is 6.62. The van der Waals surface area contributed by atoms with Crippen LogP contribution in [0.5, 0.6) is 0 Å². The largest absolute Gasteiger partial charge is 0.598 e. The minimum Gasteiger partial charge on any atom is -0.598 e. The maximum atomic E-state index is 12.1. The molecule has 0 spiro atoms.